The topological polar surface area (TPSA) is 0 Å². The van der Waals surface area contributed by atoms with Gasteiger partial charge >= 0.3 is 0 Å². The minimum Gasteiger partial charge on any atom is -0.207 e. The zero-order valence-electron chi connectivity index (χ0n) is 19.0. The molecule has 4 aromatic carbocycles. The standard InChI is InChI=1S/C32H24F2/c1-3-7-32(27-14-18-31(34)19-15-27)29-21-25(11-10-24-8-5-4-6-9-24)20-28(22-29)23(2)26-12-16-30(33)17-13-26/h4-9,12-22H,2-3H2,1H3. The van der Waals surface area contributed by atoms with E-state index in [4.69, 9.17) is 0 Å². The van der Waals surface area contributed by atoms with E-state index in [1.54, 1.807) is 24.3 Å². The van der Waals surface area contributed by atoms with Gasteiger partial charge in [0.15, 0.2) is 0 Å². The molecule has 0 unspecified atom stereocenters. The van der Waals surface area contributed by atoms with E-state index in [9.17, 15) is 8.78 Å². The Morgan fingerprint density at radius 2 is 1.24 bits per heavy atom. The average molecular weight is 447 g/mol. The number of hydrogen-bond acceptors (Lipinski definition) is 0. The van der Waals surface area contributed by atoms with Crippen molar-refractivity contribution in [2.75, 3.05) is 0 Å². The lowest BCUT2D eigenvalue weighted by atomic mass is 9.90. The summed E-state index contributed by atoms with van der Waals surface area (Å²) < 4.78 is 27.0. The van der Waals surface area contributed by atoms with Crippen molar-refractivity contribution in [2.24, 2.45) is 0 Å². The highest BCUT2D eigenvalue weighted by atomic mass is 19.1. The second-order valence-corrected chi connectivity index (χ2v) is 7.93. The van der Waals surface area contributed by atoms with Crippen LogP contribution in [0.5, 0.6) is 0 Å². The second kappa shape index (κ2) is 10.6. The maximum Gasteiger partial charge on any atom is 0.123 e. The molecule has 0 aliphatic carbocycles. The summed E-state index contributed by atoms with van der Waals surface area (Å²) in [4.78, 5) is 0. The molecule has 4 aromatic rings. The van der Waals surface area contributed by atoms with Gasteiger partial charge in [0, 0.05) is 11.1 Å². The van der Waals surface area contributed by atoms with Crippen LogP contribution in [0.15, 0.2) is 110 Å². The summed E-state index contributed by atoms with van der Waals surface area (Å²) in [6.07, 6.45) is 2.95. The molecule has 0 heterocycles. The van der Waals surface area contributed by atoms with E-state index in [1.165, 1.54) is 24.3 Å². The summed E-state index contributed by atoms with van der Waals surface area (Å²) in [5, 5.41) is 0. The van der Waals surface area contributed by atoms with Gasteiger partial charge < -0.3 is 0 Å². The number of benzene rings is 4. The van der Waals surface area contributed by atoms with Crippen molar-refractivity contribution in [2.45, 2.75) is 13.3 Å². The van der Waals surface area contributed by atoms with E-state index in [2.05, 4.69) is 37.5 Å². The first-order chi connectivity index (χ1) is 16.5. The number of hydrogen-bond donors (Lipinski definition) is 0. The molecule has 0 spiro atoms. The quantitative estimate of drug-likeness (QED) is 0.271. The van der Waals surface area contributed by atoms with Crippen LogP contribution in [0.2, 0.25) is 0 Å². The number of allylic oxidation sites excluding steroid dienone is 1. The molecule has 0 aliphatic rings. The van der Waals surface area contributed by atoms with Crippen LogP contribution >= 0.6 is 0 Å². The predicted octanol–water partition coefficient (Wildman–Crippen LogP) is 8.27. The maximum absolute atomic E-state index is 13.6. The Kier molecular flexibility index (Phi) is 7.16. The molecule has 0 N–H and O–H groups in total. The average Bonchev–Trinajstić information content (AvgIpc) is 2.87. The summed E-state index contributed by atoms with van der Waals surface area (Å²) in [6.45, 7) is 6.35. The molecule has 0 fully saturated rings. The molecular formula is C32H24F2. The molecular weight excluding hydrogens is 422 g/mol. The Labute approximate surface area is 199 Å². The smallest absolute Gasteiger partial charge is 0.123 e. The fourth-order valence-corrected chi connectivity index (χ4v) is 3.75. The molecule has 4 rings (SSSR count). The van der Waals surface area contributed by atoms with Crippen LogP contribution in [-0.4, -0.2) is 0 Å². The van der Waals surface area contributed by atoms with Crippen LogP contribution in [0.25, 0.3) is 11.1 Å². The van der Waals surface area contributed by atoms with Crippen molar-refractivity contribution < 1.29 is 8.78 Å². The Hall–Kier alpha value is -4.22. The molecule has 0 saturated heterocycles. The van der Waals surface area contributed by atoms with E-state index in [1.807, 2.05) is 42.5 Å². The normalized spacial score (nSPS) is 11.0. The minimum atomic E-state index is -0.288. The molecule has 0 radical (unpaired) electrons. The van der Waals surface area contributed by atoms with E-state index < -0.39 is 0 Å². The predicted molar refractivity (Wildman–Crippen MR) is 137 cm³/mol. The summed E-state index contributed by atoms with van der Waals surface area (Å²) in [5.41, 5.74) is 7.16. The summed E-state index contributed by atoms with van der Waals surface area (Å²) in [6, 6.07) is 28.7. The van der Waals surface area contributed by atoms with Crippen LogP contribution in [0.4, 0.5) is 8.78 Å². The lowest BCUT2D eigenvalue weighted by Gasteiger charge is -2.14. The van der Waals surface area contributed by atoms with Crippen molar-refractivity contribution in [3.8, 4) is 11.8 Å². The molecule has 0 saturated carbocycles. The van der Waals surface area contributed by atoms with E-state index in [-0.39, 0.29) is 11.6 Å². The Bertz CT molecular complexity index is 1380. The molecule has 0 atom stereocenters. The number of rotatable bonds is 5. The first-order valence-corrected chi connectivity index (χ1v) is 11.2. The van der Waals surface area contributed by atoms with Crippen LogP contribution in [-0.2, 0) is 0 Å². The van der Waals surface area contributed by atoms with Crippen LogP contribution in [0, 0.1) is 23.5 Å². The lowest BCUT2D eigenvalue weighted by Crippen LogP contribution is -1.95. The SMILES string of the molecule is C=C(c1ccc(F)cc1)c1cc(C#Cc2ccccc2)cc(C(=CCC)c2ccc(F)cc2)c1. The van der Waals surface area contributed by atoms with Gasteiger partial charge in [-0.1, -0.05) is 73.9 Å². The van der Waals surface area contributed by atoms with Gasteiger partial charge in [-0.2, -0.15) is 0 Å². The highest BCUT2D eigenvalue weighted by Gasteiger charge is 2.11. The van der Waals surface area contributed by atoms with Gasteiger partial charge in [-0.15, -0.1) is 0 Å². The third-order valence-corrected chi connectivity index (χ3v) is 5.47. The molecule has 166 valence electrons. The third kappa shape index (κ3) is 5.57. The van der Waals surface area contributed by atoms with Crippen molar-refractivity contribution in [1.29, 1.82) is 0 Å². The first-order valence-electron chi connectivity index (χ1n) is 11.2. The third-order valence-electron chi connectivity index (χ3n) is 5.47. The Balaban J connectivity index is 1.84. The zero-order chi connectivity index (χ0) is 23.9. The maximum atomic E-state index is 13.6. The summed E-state index contributed by atoms with van der Waals surface area (Å²) in [5.74, 6) is 5.94. The van der Waals surface area contributed by atoms with Gasteiger partial charge in [0.2, 0.25) is 0 Å². The molecule has 0 aliphatic heterocycles. The van der Waals surface area contributed by atoms with Gasteiger partial charge in [-0.05, 0) is 94.4 Å². The van der Waals surface area contributed by atoms with Gasteiger partial charge in [0.25, 0.3) is 0 Å². The molecule has 0 bridgehead atoms. The minimum absolute atomic E-state index is 0.271. The molecule has 0 nitrogen and oxygen atoms in total. The highest BCUT2D eigenvalue weighted by Crippen LogP contribution is 2.30. The van der Waals surface area contributed by atoms with Crippen LogP contribution in [0.1, 0.15) is 46.7 Å². The highest BCUT2D eigenvalue weighted by molar-refractivity contribution is 5.85. The van der Waals surface area contributed by atoms with Crippen molar-refractivity contribution in [1.82, 2.24) is 0 Å². The number of halogens is 2. The van der Waals surface area contributed by atoms with Crippen molar-refractivity contribution in [3.63, 3.8) is 0 Å². The Morgan fingerprint density at radius 3 is 1.85 bits per heavy atom. The van der Waals surface area contributed by atoms with E-state index in [0.29, 0.717) is 0 Å². The summed E-state index contributed by atoms with van der Waals surface area (Å²) >= 11 is 0. The lowest BCUT2D eigenvalue weighted by molar-refractivity contribution is 0.627. The van der Waals surface area contributed by atoms with E-state index in [0.717, 1.165) is 50.9 Å². The van der Waals surface area contributed by atoms with Gasteiger partial charge in [0.05, 0.1) is 0 Å². The second-order valence-electron chi connectivity index (χ2n) is 7.93. The van der Waals surface area contributed by atoms with Crippen molar-refractivity contribution >= 4 is 11.1 Å². The van der Waals surface area contributed by atoms with Gasteiger partial charge in [0.1, 0.15) is 11.6 Å². The van der Waals surface area contributed by atoms with Gasteiger partial charge in [-0.25, -0.2) is 8.78 Å². The Morgan fingerprint density at radius 1 is 0.676 bits per heavy atom. The summed E-state index contributed by atoms with van der Waals surface area (Å²) in [7, 11) is 0. The fraction of sp³-hybridized carbons (Fsp3) is 0.0625. The monoisotopic (exact) mass is 446 g/mol. The molecule has 34 heavy (non-hydrogen) atoms. The van der Waals surface area contributed by atoms with Crippen LogP contribution < -0.4 is 0 Å². The van der Waals surface area contributed by atoms with Crippen molar-refractivity contribution in [3.05, 3.63) is 155 Å². The largest absolute Gasteiger partial charge is 0.207 e. The fourth-order valence-electron chi connectivity index (χ4n) is 3.75. The van der Waals surface area contributed by atoms with Crippen LogP contribution in [0.3, 0.4) is 0 Å². The molecule has 2 heteroatoms. The molecule has 0 amide bonds. The first kappa shape index (κ1) is 23.0. The molecule has 0 aromatic heterocycles. The zero-order valence-corrected chi connectivity index (χ0v) is 19.0. The van der Waals surface area contributed by atoms with Gasteiger partial charge in [-0.3, -0.25) is 0 Å². The van der Waals surface area contributed by atoms with E-state index >= 15 is 0 Å².